The monoisotopic (exact) mass is 188 g/mol. The fourth-order valence-corrected chi connectivity index (χ4v) is 1.83. The molecular weight excluding hydrogens is 172 g/mol. The van der Waals surface area contributed by atoms with Crippen LogP contribution in [0.1, 0.15) is 24.0 Å². The van der Waals surface area contributed by atoms with Gasteiger partial charge in [-0.1, -0.05) is 29.8 Å². The molecule has 1 fully saturated rings. The van der Waals surface area contributed by atoms with Crippen molar-refractivity contribution in [1.82, 2.24) is 4.90 Å². The molecule has 2 nitrogen and oxygen atoms in total. The summed E-state index contributed by atoms with van der Waals surface area (Å²) in [7, 11) is 0. The molecule has 0 unspecified atom stereocenters. The van der Waals surface area contributed by atoms with E-state index >= 15 is 0 Å². The lowest BCUT2D eigenvalue weighted by atomic mass is 10.1. The third-order valence-corrected chi connectivity index (χ3v) is 2.75. The van der Waals surface area contributed by atoms with E-state index in [0.717, 1.165) is 18.7 Å². The molecule has 14 heavy (non-hydrogen) atoms. The van der Waals surface area contributed by atoms with Gasteiger partial charge in [-0.2, -0.15) is 0 Å². The number of benzene rings is 1. The van der Waals surface area contributed by atoms with Crippen LogP contribution in [0.2, 0.25) is 0 Å². The molecule has 0 spiro atoms. The van der Waals surface area contributed by atoms with Gasteiger partial charge >= 0.3 is 0 Å². The molecule has 1 aromatic rings. The van der Waals surface area contributed by atoms with Gasteiger partial charge in [-0.05, 0) is 19.8 Å². The summed E-state index contributed by atoms with van der Waals surface area (Å²) in [6.07, 6.45) is 2.46. The Hall–Kier alpha value is -1.31. The summed E-state index contributed by atoms with van der Waals surface area (Å²) in [6.45, 7) is 4.17. The lowest BCUT2D eigenvalue weighted by molar-refractivity contribution is 0.517. The zero-order chi connectivity index (χ0) is 9.97. The first-order valence-corrected chi connectivity index (χ1v) is 5.18. The van der Waals surface area contributed by atoms with Crippen molar-refractivity contribution in [2.75, 3.05) is 13.1 Å². The van der Waals surface area contributed by atoms with Crippen LogP contribution < -0.4 is 0 Å². The number of hydrogen-bond donors (Lipinski definition) is 1. The number of aryl methyl sites for hydroxylation is 1. The van der Waals surface area contributed by atoms with Gasteiger partial charge in [0.1, 0.15) is 5.84 Å². The third-order valence-electron chi connectivity index (χ3n) is 2.75. The maximum absolute atomic E-state index is 8.02. The molecule has 0 aromatic heterocycles. The molecule has 0 bridgehead atoms. The number of nitrogens with zero attached hydrogens (tertiary/aromatic N) is 1. The van der Waals surface area contributed by atoms with Crippen LogP contribution in [0, 0.1) is 12.3 Å². The fraction of sp³-hybridized carbons (Fsp3) is 0.417. The van der Waals surface area contributed by atoms with E-state index in [1.165, 1.54) is 18.4 Å². The minimum atomic E-state index is 0.683. The molecule has 0 radical (unpaired) electrons. The molecule has 1 aromatic carbocycles. The van der Waals surface area contributed by atoms with Crippen LogP contribution in [0.3, 0.4) is 0 Å². The summed E-state index contributed by atoms with van der Waals surface area (Å²) in [4.78, 5) is 2.16. The predicted molar refractivity (Wildman–Crippen MR) is 58.8 cm³/mol. The van der Waals surface area contributed by atoms with Crippen LogP contribution in [0.15, 0.2) is 24.3 Å². The van der Waals surface area contributed by atoms with Crippen molar-refractivity contribution in [2.24, 2.45) is 0 Å². The Kier molecular flexibility index (Phi) is 2.53. The normalized spacial score (nSPS) is 15.9. The lowest BCUT2D eigenvalue weighted by Gasteiger charge is -2.18. The van der Waals surface area contributed by atoms with Gasteiger partial charge in [-0.25, -0.2) is 0 Å². The van der Waals surface area contributed by atoms with E-state index in [2.05, 4.69) is 24.0 Å². The summed E-state index contributed by atoms with van der Waals surface area (Å²) >= 11 is 0. The van der Waals surface area contributed by atoms with E-state index in [-0.39, 0.29) is 0 Å². The van der Waals surface area contributed by atoms with Crippen molar-refractivity contribution in [3.63, 3.8) is 0 Å². The Morgan fingerprint density at radius 1 is 1.14 bits per heavy atom. The predicted octanol–water partition coefficient (Wildman–Crippen LogP) is 2.42. The molecule has 1 aliphatic heterocycles. The Morgan fingerprint density at radius 3 is 2.29 bits per heavy atom. The molecule has 0 amide bonds. The summed E-state index contributed by atoms with van der Waals surface area (Å²) in [5.41, 5.74) is 2.29. The maximum Gasteiger partial charge on any atom is 0.128 e. The van der Waals surface area contributed by atoms with Crippen molar-refractivity contribution in [2.45, 2.75) is 19.8 Å². The fourth-order valence-electron chi connectivity index (χ4n) is 1.83. The van der Waals surface area contributed by atoms with Crippen molar-refractivity contribution in [3.8, 4) is 0 Å². The second-order valence-corrected chi connectivity index (χ2v) is 3.91. The van der Waals surface area contributed by atoms with Gasteiger partial charge in [0.05, 0.1) is 0 Å². The number of likely N-dealkylation sites (tertiary alicyclic amines) is 1. The van der Waals surface area contributed by atoms with Gasteiger partial charge < -0.3 is 4.90 Å². The molecule has 1 aliphatic rings. The third kappa shape index (κ3) is 1.79. The summed E-state index contributed by atoms with van der Waals surface area (Å²) < 4.78 is 0. The van der Waals surface area contributed by atoms with E-state index in [4.69, 9.17) is 5.41 Å². The van der Waals surface area contributed by atoms with Gasteiger partial charge in [0.15, 0.2) is 0 Å². The maximum atomic E-state index is 8.02. The largest absolute Gasteiger partial charge is 0.357 e. The van der Waals surface area contributed by atoms with E-state index < -0.39 is 0 Å². The zero-order valence-electron chi connectivity index (χ0n) is 8.59. The highest BCUT2D eigenvalue weighted by Gasteiger charge is 2.15. The molecule has 1 N–H and O–H groups in total. The Morgan fingerprint density at radius 2 is 1.71 bits per heavy atom. The average molecular weight is 188 g/mol. The highest BCUT2D eigenvalue weighted by Crippen LogP contribution is 2.13. The average Bonchev–Trinajstić information content (AvgIpc) is 2.71. The summed E-state index contributed by atoms with van der Waals surface area (Å²) in [5, 5.41) is 8.02. The van der Waals surface area contributed by atoms with E-state index in [9.17, 15) is 0 Å². The molecular formula is C12H16N2. The van der Waals surface area contributed by atoms with Crippen molar-refractivity contribution >= 4 is 5.84 Å². The SMILES string of the molecule is Cc1ccc(C(=N)N2CCCC2)cc1. The molecule has 2 heteroatoms. The smallest absolute Gasteiger partial charge is 0.128 e. The van der Waals surface area contributed by atoms with Crippen molar-refractivity contribution in [3.05, 3.63) is 35.4 Å². The number of nitrogens with one attached hydrogen (secondary N) is 1. The highest BCUT2D eigenvalue weighted by atomic mass is 15.2. The molecule has 0 saturated carbocycles. The van der Waals surface area contributed by atoms with Crippen molar-refractivity contribution < 1.29 is 0 Å². The lowest BCUT2D eigenvalue weighted by Crippen LogP contribution is -2.27. The van der Waals surface area contributed by atoms with Crippen LogP contribution in [0.5, 0.6) is 0 Å². The van der Waals surface area contributed by atoms with Crippen LogP contribution >= 0.6 is 0 Å². The topological polar surface area (TPSA) is 27.1 Å². The minimum absolute atomic E-state index is 0.683. The van der Waals surface area contributed by atoms with Gasteiger partial charge in [0.25, 0.3) is 0 Å². The van der Waals surface area contributed by atoms with E-state index in [1.807, 2.05) is 12.1 Å². The molecule has 0 aliphatic carbocycles. The Bertz CT molecular complexity index is 321. The second kappa shape index (κ2) is 3.82. The van der Waals surface area contributed by atoms with Crippen LogP contribution in [-0.2, 0) is 0 Å². The van der Waals surface area contributed by atoms with Gasteiger partial charge in [-0.15, -0.1) is 0 Å². The van der Waals surface area contributed by atoms with Crippen LogP contribution in [0.25, 0.3) is 0 Å². The quantitative estimate of drug-likeness (QED) is 0.532. The van der Waals surface area contributed by atoms with E-state index in [0.29, 0.717) is 5.84 Å². The number of amidine groups is 1. The highest BCUT2D eigenvalue weighted by molar-refractivity contribution is 5.96. The first kappa shape index (κ1) is 9.25. The standard InChI is InChI=1S/C12H16N2/c1-10-4-6-11(7-5-10)12(13)14-8-2-3-9-14/h4-7,13H,2-3,8-9H2,1H3. The molecule has 1 saturated heterocycles. The van der Waals surface area contributed by atoms with Crippen LogP contribution in [0.4, 0.5) is 0 Å². The van der Waals surface area contributed by atoms with Crippen molar-refractivity contribution in [1.29, 1.82) is 5.41 Å². The molecule has 2 rings (SSSR count). The van der Waals surface area contributed by atoms with Gasteiger partial charge in [-0.3, -0.25) is 5.41 Å². The van der Waals surface area contributed by atoms with E-state index in [1.54, 1.807) is 0 Å². The minimum Gasteiger partial charge on any atom is -0.357 e. The van der Waals surface area contributed by atoms with Crippen LogP contribution in [-0.4, -0.2) is 23.8 Å². The molecule has 1 heterocycles. The number of rotatable bonds is 1. The first-order chi connectivity index (χ1) is 6.77. The molecule has 74 valence electrons. The Labute approximate surface area is 85.1 Å². The first-order valence-electron chi connectivity index (χ1n) is 5.18. The second-order valence-electron chi connectivity index (χ2n) is 3.91. The Balaban J connectivity index is 2.14. The summed E-state index contributed by atoms with van der Waals surface area (Å²) in [6, 6.07) is 8.21. The van der Waals surface area contributed by atoms with Gasteiger partial charge in [0, 0.05) is 18.7 Å². The zero-order valence-corrected chi connectivity index (χ0v) is 8.59. The van der Waals surface area contributed by atoms with Gasteiger partial charge in [0.2, 0.25) is 0 Å². The molecule has 0 atom stereocenters. The number of hydrogen-bond acceptors (Lipinski definition) is 1. The summed E-state index contributed by atoms with van der Waals surface area (Å²) in [5.74, 6) is 0.683.